The number of thiazole rings is 2. The average molecular weight is 906 g/mol. The van der Waals surface area contributed by atoms with E-state index in [4.69, 9.17) is 9.15 Å². The van der Waals surface area contributed by atoms with Crippen molar-refractivity contribution in [3.05, 3.63) is 143 Å². The lowest BCUT2D eigenvalue weighted by atomic mass is 10.1. The summed E-state index contributed by atoms with van der Waals surface area (Å²) in [6.07, 6.45) is -8.13. The summed E-state index contributed by atoms with van der Waals surface area (Å²) in [7, 11) is 0. The molecule has 23 heteroatoms. The van der Waals surface area contributed by atoms with Gasteiger partial charge in [0.25, 0.3) is 17.7 Å². The third kappa shape index (κ3) is 9.47. The van der Waals surface area contributed by atoms with Crippen LogP contribution in [-0.2, 0) is 17.1 Å². The zero-order valence-electron chi connectivity index (χ0n) is 30.5. The average Bonchev–Trinajstić information content (AvgIpc) is 4.06. The van der Waals surface area contributed by atoms with Crippen LogP contribution in [0.4, 0.5) is 54.2 Å². The maximum absolute atomic E-state index is 13.9. The van der Waals surface area contributed by atoms with Crippen molar-refractivity contribution in [1.29, 1.82) is 0 Å². The highest BCUT2D eigenvalue weighted by atomic mass is 32.1. The van der Waals surface area contributed by atoms with E-state index in [0.717, 1.165) is 89.7 Å². The van der Waals surface area contributed by atoms with Crippen molar-refractivity contribution in [1.82, 2.24) is 20.2 Å². The summed E-state index contributed by atoms with van der Waals surface area (Å²) >= 11 is 1.62. The number of hydrogen-bond acceptors (Lipinski definition) is 11. The Morgan fingerprint density at radius 1 is 0.629 bits per heavy atom. The van der Waals surface area contributed by atoms with E-state index >= 15 is 0 Å². The third-order valence-corrected chi connectivity index (χ3v) is 10.4. The number of carbonyl (C=O) groups is 2. The molecular formula is C39H21F10N7O4S2. The molecule has 2 amide bonds. The van der Waals surface area contributed by atoms with Gasteiger partial charge in [0.1, 0.15) is 52.4 Å². The van der Waals surface area contributed by atoms with Gasteiger partial charge in [-0.2, -0.15) is 26.3 Å². The van der Waals surface area contributed by atoms with Gasteiger partial charge in [0.05, 0.1) is 27.4 Å². The van der Waals surface area contributed by atoms with E-state index in [2.05, 4.69) is 35.8 Å². The number of halogens is 10. The summed E-state index contributed by atoms with van der Waals surface area (Å²) in [6.45, 7) is 0.619. The summed E-state index contributed by atoms with van der Waals surface area (Å²) in [4.78, 5) is 37.6. The summed E-state index contributed by atoms with van der Waals surface area (Å²) in [5, 5.41) is 11.5. The standard InChI is InChI=1S/C20H12F5N3O2S.C19H9F5N4O2S/c21-12-5-2-6-13(22)14(12)17(29)28-19-27-15(18-26-7-8-30-18)16(31-19)10-3-1-4-11(9-10)20(23,24)25;20-11-5-2-6-12(21)13(11)16(29)27-18-26-14(17-28-25-8-30-17)15(31-18)9-3-1-4-10(7-9)19(22,23)24/h1-6,9H,7-8H2,(H,27,28,29);1-8H,(H,26,27,29). The van der Waals surface area contributed by atoms with E-state index in [1.165, 1.54) is 24.3 Å². The van der Waals surface area contributed by atoms with E-state index in [1.807, 2.05) is 0 Å². The Morgan fingerprint density at radius 3 is 1.50 bits per heavy atom. The van der Waals surface area contributed by atoms with Crippen LogP contribution in [0.2, 0.25) is 0 Å². The molecule has 0 radical (unpaired) electrons. The lowest BCUT2D eigenvalue weighted by molar-refractivity contribution is -0.138. The first-order valence-corrected chi connectivity index (χ1v) is 18.9. The molecule has 8 rings (SSSR count). The van der Waals surface area contributed by atoms with Crippen molar-refractivity contribution in [2.75, 3.05) is 23.8 Å². The molecule has 0 spiro atoms. The van der Waals surface area contributed by atoms with E-state index in [-0.39, 0.29) is 60.9 Å². The van der Waals surface area contributed by atoms with Crippen molar-refractivity contribution < 1.29 is 62.6 Å². The Hall–Kier alpha value is -7.01. The van der Waals surface area contributed by atoms with Gasteiger partial charge in [-0.05, 0) is 59.7 Å². The molecule has 1 aliphatic rings. The van der Waals surface area contributed by atoms with Gasteiger partial charge in [-0.15, -0.1) is 10.2 Å². The number of carbonyl (C=O) groups excluding carboxylic acids is 2. The second-order valence-electron chi connectivity index (χ2n) is 12.4. The fourth-order valence-electron chi connectivity index (χ4n) is 5.61. The highest BCUT2D eigenvalue weighted by molar-refractivity contribution is 7.20. The Labute approximate surface area is 348 Å². The normalized spacial score (nSPS) is 12.6. The molecule has 2 N–H and O–H groups in total. The third-order valence-electron chi connectivity index (χ3n) is 8.33. The largest absolute Gasteiger partial charge is 0.474 e. The van der Waals surface area contributed by atoms with E-state index < -0.39 is 69.7 Å². The number of anilines is 2. The highest BCUT2D eigenvalue weighted by Crippen LogP contribution is 2.41. The Kier molecular flexibility index (Phi) is 12.2. The molecule has 62 heavy (non-hydrogen) atoms. The van der Waals surface area contributed by atoms with E-state index in [9.17, 15) is 53.5 Å². The molecular weight excluding hydrogens is 885 g/mol. The Bertz CT molecular complexity index is 2780. The molecule has 4 aromatic carbocycles. The van der Waals surface area contributed by atoms with Gasteiger partial charge < -0.3 is 9.15 Å². The number of amides is 2. The molecule has 0 aliphatic carbocycles. The number of hydrogen-bond donors (Lipinski definition) is 2. The number of aliphatic imine (C=N–C) groups is 1. The second kappa shape index (κ2) is 17.5. The van der Waals surface area contributed by atoms with Crippen molar-refractivity contribution in [3.8, 4) is 32.5 Å². The number of rotatable bonds is 8. The smallest absolute Gasteiger partial charge is 0.416 e. The Morgan fingerprint density at radius 2 is 1.08 bits per heavy atom. The number of aromatic nitrogens is 4. The van der Waals surface area contributed by atoms with Crippen LogP contribution in [0.3, 0.4) is 0 Å². The minimum atomic E-state index is -4.58. The number of ether oxygens (including phenoxy) is 1. The van der Waals surface area contributed by atoms with E-state index in [1.54, 1.807) is 0 Å². The molecule has 0 atom stereocenters. The van der Waals surface area contributed by atoms with Gasteiger partial charge in [-0.1, -0.05) is 59.1 Å². The van der Waals surface area contributed by atoms with Crippen LogP contribution in [0.25, 0.3) is 32.5 Å². The zero-order chi connectivity index (χ0) is 44.3. The molecule has 11 nitrogen and oxygen atoms in total. The topological polar surface area (TPSA) is 144 Å². The van der Waals surface area contributed by atoms with E-state index in [0.29, 0.717) is 6.54 Å². The van der Waals surface area contributed by atoms with Crippen LogP contribution in [0, 0.1) is 23.3 Å². The summed E-state index contributed by atoms with van der Waals surface area (Å²) in [5.41, 5.74) is -2.94. The van der Waals surface area contributed by atoms with Crippen LogP contribution in [-0.4, -0.2) is 51.0 Å². The van der Waals surface area contributed by atoms with Crippen LogP contribution < -0.4 is 10.6 Å². The monoisotopic (exact) mass is 905 g/mol. The maximum atomic E-state index is 13.9. The van der Waals surface area contributed by atoms with Gasteiger partial charge in [-0.3, -0.25) is 20.2 Å². The molecule has 0 saturated carbocycles. The first kappa shape index (κ1) is 43.1. The molecule has 0 bridgehead atoms. The first-order valence-electron chi connectivity index (χ1n) is 17.3. The van der Waals surface area contributed by atoms with Crippen molar-refractivity contribution in [3.63, 3.8) is 0 Å². The molecule has 0 fully saturated rings. The van der Waals surface area contributed by atoms with Gasteiger partial charge >= 0.3 is 12.4 Å². The van der Waals surface area contributed by atoms with Crippen LogP contribution in [0.1, 0.15) is 37.5 Å². The van der Waals surface area contributed by atoms with Crippen molar-refractivity contribution >= 4 is 50.6 Å². The molecule has 3 aromatic heterocycles. The summed E-state index contributed by atoms with van der Waals surface area (Å²) in [6, 6.07) is 14.9. The van der Waals surface area contributed by atoms with Crippen LogP contribution in [0.5, 0.6) is 0 Å². The lowest BCUT2D eigenvalue weighted by Gasteiger charge is -2.08. The fraction of sp³-hybridized carbons (Fsp3) is 0.103. The van der Waals surface area contributed by atoms with Crippen molar-refractivity contribution in [2.45, 2.75) is 12.4 Å². The molecule has 1 aliphatic heterocycles. The fourth-order valence-corrected chi connectivity index (χ4v) is 7.50. The number of nitrogens with one attached hydrogen (secondary N) is 2. The number of alkyl halides is 6. The number of benzene rings is 4. The van der Waals surface area contributed by atoms with Gasteiger partial charge in [0.15, 0.2) is 10.3 Å². The second-order valence-corrected chi connectivity index (χ2v) is 14.4. The maximum Gasteiger partial charge on any atom is 0.416 e. The molecule has 7 aromatic rings. The minimum absolute atomic E-state index is 0.00568. The zero-order valence-corrected chi connectivity index (χ0v) is 32.2. The number of nitrogens with zero attached hydrogens (tertiary/aromatic N) is 5. The molecule has 318 valence electrons. The van der Waals surface area contributed by atoms with Crippen LogP contribution in [0.15, 0.2) is 101 Å². The Balaban J connectivity index is 0.000000186. The highest BCUT2D eigenvalue weighted by Gasteiger charge is 2.33. The molecule has 4 heterocycles. The van der Waals surface area contributed by atoms with Gasteiger partial charge in [0, 0.05) is 0 Å². The quantitative estimate of drug-likeness (QED) is 0.143. The van der Waals surface area contributed by atoms with Crippen LogP contribution >= 0.6 is 22.7 Å². The molecule has 0 unspecified atom stereocenters. The van der Waals surface area contributed by atoms with Crippen molar-refractivity contribution in [2.24, 2.45) is 4.99 Å². The van der Waals surface area contributed by atoms with Gasteiger partial charge in [0.2, 0.25) is 12.3 Å². The SMILES string of the molecule is O=C(Nc1nc(-c2nnco2)c(-c2cccc(C(F)(F)F)c2)s1)c1c(F)cccc1F.O=C(Nc1nc(C2=NCCO2)c(-c2cccc(C(F)(F)F)c2)s1)c1c(F)cccc1F. The van der Waals surface area contributed by atoms with Gasteiger partial charge in [-0.25, -0.2) is 32.5 Å². The molecule has 0 saturated heterocycles. The summed E-state index contributed by atoms with van der Waals surface area (Å²) < 4.78 is 145. The minimum Gasteiger partial charge on any atom is -0.474 e. The predicted octanol–water partition coefficient (Wildman–Crippen LogP) is 10.5. The lowest BCUT2D eigenvalue weighted by Crippen LogP contribution is -2.16. The first-order chi connectivity index (χ1) is 29.5. The summed E-state index contributed by atoms with van der Waals surface area (Å²) in [5.74, 6) is -6.47. The predicted molar refractivity (Wildman–Crippen MR) is 204 cm³/mol.